The van der Waals surface area contributed by atoms with Crippen molar-refractivity contribution < 1.29 is 9.90 Å². The summed E-state index contributed by atoms with van der Waals surface area (Å²) in [7, 11) is 0. The summed E-state index contributed by atoms with van der Waals surface area (Å²) in [6, 6.07) is 12.2. The van der Waals surface area contributed by atoms with E-state index >= 15 is 0 Å². The Balaban J connectivity index is 2.21. The lowest BCUT2D eigenvalue weighted by Crippen LogP contribution is -2.10. The van der Waals surface area contributed by atoms with Crippen LogP contribution in [0.2, 0.25) is 0 Å². The van der Waals surface area contributed by atoms with Crippen molar-refractivity contribution >= 4 is 16.9 Å². The molecule has 2 aromatic carbocycles. The Morgan fingerprint density at radius 1 is 1.07 bits per heavy atom. The van der Waals surface area contributed by atoms with Crippen molar-refractivity contribution in [3.05, 3.63) is 58.7 Å². The van der Waals surface area contributed by atoms with Gasteiger partial charge in [-0.05, 0) is 66.5 Å². The molecule has 0 aliphatic heterocycles. The van der Waals surface area contributed by atoms with Gasteiger partial charge >= 0.3 is 5.97 Å². The molecule has 1 aromatic heterocycles. The van der Waals surface area contributed by atoms with E-state index in [2.05, 4.69) is 50.0 Å². The monoisotopic (exact) mass is 378 g/mol. The third-order valence-electron chi connectivity index (χ3n) is 5.42. The van der Waals surface area contributed by atoms with Crippen LogP contribution < -0.4 is 5.73 Å². The summed E-state index contributed by atoms with van der Waals surface area (Å²) in [5.41, 5.74) is 12.6. The molecule has 148 valence electrons. The van der Waals surface area contributed by atoms with E-state index in [0.29, 0.717) is 12.1 Å². The van der Waals surface area contributed by atoms with E-state index in [4.69, 9.17) is 5.73 Å². The van der Waals surface area contributed by atoms with Crippen molar-refractivity contribution in [2.75, 3.05) is 6.54 Å². The minimum atomic E-state index is -0.890. The van der Waals surface area contributed by atoms with Crippen LogP contribution in [-0.4, -0.2) is 22.6 Å². The molecule has 3 aromatic rings. The van der Waals surface area contributed by atoms with Crippen LogP contribution >= 0.6 is 0 Å². The molecule has 0 saturated carbocycles. The lowest BCUT2D eigenvalue weighted by Gasteiger charge is -2.19. The maximum absolute atomic E-state index is 11.9. The molecule has 0 amide bonds. The van der Waals surface area contributed by atoms with Crippen molar-refractivity contribution in [2.45, 2.75) is 52.4 Å². The van der Waals surface area contributed by atoms with E-state index in [-0.39, 0.29) is 5.41 Å². The number of nitrogens with two attached hydrogens (primary N) is 1. The Morgan fingerprint density at radius 2 is 1.75 bits per heavy atom. The number of nitrogens with one attached hydrogen (secondary N) is 1. The van der Waals surface area contributed by atoms with Gasteiger partial charge < -0.3 is 15.8 Å². The molecule has 0 unspecified atom stereocenters. The first-order valence-electron chi connectivity index (χ1n) is 9.92. The summed E-state index contributed by atoms with van der Waals surface area (Å²) in [4.78, 5) is 15.4. The number of rotatable bonds is 6. The molecule has 0 bridgehead atoms. The zero-order valence-corrected chi connectivity index (χ0v) is 17.2. The quantitative estimate of drug-likeness (QED) is 0.501. The van der Waals surface area contributed by atoms with Crippen LogP contribution in [0.1, 0.15) is 60.7 Å². The molecular formula is C24H30N2O2. The number of benzene rings is 2. The zero-order chi connectivity index (χ0) is 20.5. The highest BCUT2D eigenvalue weighted by Crippen LogP contribution is 2.36. The fourth-order valence-corrected chi connectivity index (χ4v) is 3.76. The van der Waals surface area contributed by atoms with Crippen LogP contribution in [0.15, 0.2) is 36.4 Å². The van der Waals surface area contributed by atoms with Gasteiger partial charge in [-0.15, -0.1) is 0 Å². The smallest absolute Gasteiger partial charge is 0.336 e. The highest BCUT2D eigenvalue weighted by molar-refractivity contribution is 6.07. The zero-order valence-electron chi connectivity index (χ0n) is 17.2. The van der Waals surface area contributed by atoms with Crippen molar-refractivity contribution in [3.63, 3.8) is 0 Å². The molecule has 0 spiro atoms. The van der Waals surface area contributed by atoms with E-state index in [1.54, 1.807) is 6.07 Å². The average Bonchev–Trinajstić information content (AvgIpc) is 3.02. The molecule has 0 atom stereocenters. The molecule has 0 radical (unpaired) electrons. The topological polar surface area (TPSA) is 79.1 Å². The second-order valence-corrected chi connectivity index (χ2v) is 8.54. The Kier molecular flexibility index (Phi) is 5.61. The minimum Gasteiger partial charge on any atom is -0.478 e. The molecular weight excluding hydrogens is 348 g/mol. The van der Waals surface area contributed by atoms with Crippen LogP contribution in [0.3, 0.4) is 0 Å². The second kappa shape index (κ2) is 7.80. The number of carboxylic acid groups (broad SMARTS) is 1. The van der Waals surface area contributed by atoms with Crippen molar-refractivity contribution in [1.82, 2.24) is 4.98 Å². The van der Waals surface area contributed by atoms with Crippen LogP contribution in [-0.2, 0) is 11.8 Å². The van der Waals surface area contributed by atoms with Gasteiger partial charge in [0.2, 0.25) is 0 Å². The SMILES string of the molecule is Cc1ccc(C(=O)O)c2c(CCCCN)c(-c3ccc(C(C)(C)C)cc3)[nH]c12. The van der Waals surface area contributed by atoms with E-state index in [0.717, 1.165) is 52.5 Å². The summed E-state index contributed by atoms with van der Waals surface area (Å²) in [5.74, 6) is -0.890. The van der Waals surface area contributed by atoms with Gasteiger partial charge in [-0.2, -0.15) is 0 Å². The van der Waals surface area contributed by atoms with Gasteiger partial charge in [0.25, 0.3) is 0 Å². The summed E-state index contributed by atoms with van der Waals surface area (Å²) in [6.45, 7) is 9.26. The van der Waals surface area contributed by atoms with E-state index in [9.17, 15) is 9.90 Å². The number of unbranched alkanes of at least 4 members (excludes halogenated alkanes) is 1. The molecule has 28 heavy (non-hydrogen) atoms. The molecule has 0 aliphatic carbocycles. The Hall–Kier alpha value is -2.59. The predicted octanol–water partition coefficient (Wildman–Crippen LogP) is 5.42. The first-order chi connectivity index (χ1) is 13.2. The Bertz CT molecular complexity index is 992. The average molecular weight is 379 g/mol. The molecule has 4 heteroatoms. The summed E-state index contributed by atoms with van der Waals surface area (Å²) in [6.07, 6.45) is 2.66. The van der Waals surface area contributed by atoms with Crippen LogP contribution in [0.5, 0.6) is 0 Å². The number of carbonyl (C=O) groups is 1. The Labute approximate surface area is 166 Å². The van der Waals surface area contributed by atoms with Crippen molar-refractivity contribution in [2.24, 2.45) is 5.73 Å². The maximum Gasteiger partial charge on any atom is 0.336 e. The first-order valence-corrected chi connectivity index (χ1v) is 9.92. The van der Waals surface area contributed by atoms with Gasteiger partial charge in [0.15, 0.2) is 0 Å². The number of H-pyrrole nitrogens is 1. The third kappa shape index (κ3) is 3.83. The lowest BCUT2D eigenvalue weighted by atomic mass is 9.86. The molecule has 1 heterocycles. The highest BCUT2D eigenvalue weighted by atomic mass is 16.4. The number of hydrogen-bond acceptors (Lipinski definition) is 2. The number of carboxylic acids is 1. The predicted molar refractivity (Wildman–Crippen MR) is 116 cm³/mol. The summed E-state index contributed by atoms with van der Waals surface area (Å²) in [5, 5.41) is 10.6. The first kappa shape index (κ1) is 20.2. The Morgan fingerprint density at radius 3 is 2.32 bits per heavy atom. The molecule has 4 N–H and O–H groups in total. The molecule has 0 aliphatic rings. The van der Waals surface area contributed by atoms with Crippen LogP contribution in [0.25, 0.3) is 22.2 Å². The number of aryl methyl sites for hydroxylation is 2. The van der Waals surface area contributed by atoms with Crippen LogP contribution in [0.4, 0.5) is 0 Å². The fourth-order valence-electron chi connectivity index (χ4n) is 3.76. The second-order valence-electron chi connectivity index (χ2n) is 8.54. The molecule has 3 rings (SSSR count). The minimum absolute atomic E-state index is 0.0933. The number of fused-ring (bicyclic) bond motifs is 1. The summed E-state index contributed by atoms with van der Waals surface area (Å²) >= 11 is 0. The van der Waals surface area contributed by atoms with Gasteiger partial charge in [0, 0.05) is 16.6 Å². The van der Waals surface area contributed by atoms with Crippen molar-refractivity contribution in [3.8, 4) is 11.3 Å². The van der Waals surface area contributed by atoms with E-state index < -0.39 is 5.97 Å². The van der Waals surface area contributed by atoms with Crippen LogP contribution in [0, 0.1) is 6.92 Å². The maximum atomic E-state index is 11.9. The van der Waals surface area contributed by atoms with Gasteiger partial charge in [0.1, 0.15) is 0 Å². The van der Waals surface area contributed by atoms with Crippen molar-refractivity contribution in [1.29, 1.82) is 0 Å². The molecule has 0 saturated heterocycles. The highest BCUT2D eigenvalue weighted by Gasteiger charge is 2.21. The lowest BCUT2D eigenvalue weighted by molar-refractivity contribution is 0.0699. The summed E-state index contributed by atoms with van der Waals surface area (Å²) < 4.78 is 0. The normalized spacial score (nSPS) is 11.9. The van der Waals surface area contributed by atoms with Gasteiger partial charge in [-0.25, -0.2) is 4.79 Å². The van der Waals surface area contributed by atoms with E-state index in [1.165, 1.54) is 5.56 Å². The van der Waals surface area contributed by atoms with E-state index in [1.807, 2.05) is 13.0 Å². The number of aromatic carboxylic acids is 1. The fraction of sp³-hybridized carbons (Fsp3) is 0.375. The molecule has 0 fully saturated rings. The van der Waals surface area contributed by atoms with Gasteiger partial charge in [0.05, 0.1) is 5.56 Å². The number of hydrogen-bond donors (Lipinski definition) is 3. The third-order valence-corrected chi connectivity index (χ3v) is 5.42. The standard InChI is InChI=1S/C24H30N2O2/c1-15-8-13-19(23(27)28)20-18(7-5-6-14-25)22(26-21(15)20)16-9-11-17(12-10-16)24(2,3)4/h8-13,26H,5-7,14,25H2,1-4H3,(H,27,28). The van der Waals surface area contributed by atoms with Gasteiger partial charge in [-0.1, -0.05) is 51.1 Å². The van der Waals surface area contributed by atoms with Gasteiger partial charge in [-0.3, -0.25) is 0 Å². The molecule has 4 nitrogen and oxygen atoms in total. The number of aromatic amines is 1. The largest absolute Gasteiger partial charge is 0.478 e. The number of aromatic nitrogens is 1.